The van der Waals surface area contributed by atoms with Crippen LogP contribution >= 0.6 is 0 Å². The summed E-state index contributed by atoms with van der Waals surface area (Å²) in [6, 6.07) is 12.2. The van der Waals surface area contributed by atoms with Crippen LogP contribution in [-0.2, 0) is 21.4 Å². The van der Waals surface area contributed by atoms with E-state index in [-0.39, 0.29) is 10.6 Å². The summed E-state index contributed by atoms with van der Waals surface area (Å²) in [6.07, 6.45) is 0. The number of hydrogen-bond acceptors (Lipinski definition) is 5. The third-order valence-corrected chi connectivity index (χ3v) is 3.83. The van der Waals surface area contributed by atoms with E-state index in [0.29, 0.717) is 12.3 Å². The van der Waals surface area contributed by atoms with Crippen molar-refractivity contribution in [1.82, 2.24) is 0 Å². The van der Waals surface area contributed by atoms with Gasteiger partial charge in [0.1, 0.15) is 4.90 Å². The van der Waals surface area contributed by atoms with Crippen molar-refractivity contribution in [1.29, 1.82) is 0 Å². The molecular weight excluding hydrogens is 290 g/mol. The van der Waals surface area contributed by atoms with Crippen LogP contribution in [0.4, 0.5) is 17.1 Å². The molecule has 7 heteroatoms. The largest absolute Gasteiger partial charge is 0.398 e. The van der Waals surface area contributed by atoms with E-state index in [4.69, 9.17) is 15.6 Å². The monoisotopic (exact) mass is 307 g/mol. The Hall–Kier alpha value is -2.09. The first-order valence-electron chi connectivity index (χ1n) is 6.17. The van der Waals surface area contributed by atoms with Gasteiger partial charge in [0.25, 0.3) is 0 Å². The number of rotatable bonds is 5. The van der Waals surface area contributed by atoms with E-state index in [1.54, 1.807) is 13.2 Å². The number of nitrogens with two attached hydrogens (primary N) is 2. The third-order valence-electron chi connectivity index (χ3n) is 2.84. The topological polar surface area (TPSA) is 107 Å². The summed E-state index contributed by atoms with van der Waals surface area (Å²) in [7, 11) is -2.17. The Morgan fingerprint density at radius 2 is 1.86 bits per heavy atom. The molecule has 5 N–H and O–H groups in total. The summed E-state index contributed by atoms with van der Waals surface area (Å²) in [5, 5.41) is 8.22. The number of hydrogen-bond donors (Lipinski definition) is 3. The van der Waals surface area contributed by atoms with E-state index in [0.717, 1.165) is 11.3 Å². The molecule has 0 aliphatic rings. The van der Waals surface area contributed by atoms with Crippen LogP contribution in [0.15, 0.2) is 47.4 Å². The van der Waals surface area contributed by atoms with Crippen molar-refractivity contribution in [2.75, 3.05) is 18.2 Å². The molecule has 112 valence electrons. The molecule has 0 amide bonds. The number of benzene rings is 2. The standard InChI is InChI=1S/C14H17N3O3S/c1-20-9-10-3-2-4-11(7-10)17-12-5-6-14(13(15)8-12)21(16,18)19/h2-8,17H,9,15H2,1H3,(H2,16,18,19). The summed E-state index contributed by atoms with van der Waals surface area (Å²) in [5.74, 6) is 0. The van der Waals surface area contributed by atoms with Crippen LogP contribution in [0.1, 0.15) is 5.56 Å². The Morgan fingerprint density at radius 3 is 2.48 bits per heavy atom. The SMILES string of the molecule is COCc1cccc(Nc2ccc(S(N)(=O)=O)c(N)c2)c1. The number of ether oxygens (including phenoxy) is 1. The van der Waals surface area contributed by atoms with Gasteiger partial charge in [-0.15, -0.1) is 0 Å². The fourth-order valence-corrected chi connectivity index (χ4v) is 2.60. The molecular formula is C14H17N3O3S. The fourth-order valence-electron chi connectivity index (χ4n) is 1.96. The Bertz CT molecular complexity index is 745. The van der Waals surface area contributed by atoms with Crippen LogP contribution < -0.4 is 16.2 Å². The summed E-state index contributed by atoms with van der Waals surface area (Å²) >= 11 is 0. The first kappa shape index (κ1) is 15.3. The van der Waals surface area contributed by atoms with Gasteiger partial charge in [0.2, 0.25) is 10.0 Å². The van der Waals surface area contributed by atoms with Gasteiger partial charge in [-0.3, -0.25) is 0 Å². The lowest BCUT2D eigenvalue weighted by Crippen LogP contribution is -2.14. The molecule has 2 aromatic carbocycles. The van der Waals surface area contributed by atoms with Crippen molar-refractivity contribution < 1.29 is 13.2 Å². The average molecular weight is 307 g/mol. The van der Waals surface area contributed by atoms with Gasteiger partial charge >= 0.3 is 0 Å². The van der Waals surface area contributed by atoms with Gasteiger partial charge in [-0.1, -0.05) is 12.1 Å². The maximum Gasteiger partial charge on any atom is 0.240 e. The molecule has 6 nitrogen and oxygen atoms in total. The van der Waals surface area contributed by atoms with Crippen LogP contribution in [-0.4, -0.2) is 15.5 Å². The van der Waals surface area contributed by atoms with Crippen molar-refractivity contribution in [3.05, 3.63) is 48.0 Å². The van der Waals surface area contributed by atoms with E-state index >= 15 is 0 Å². The number of sulfonamides is 1. The number of nitrogens with one attached hydrogen (secondary N) is 1. The van der Waals surface area contributed by atoms with Gasteiger partial charge in [0.15, 0.2) is 0 Å². The first-order valence-corrected chi connectivity index (χ1v) is 7.72. The number of nitrogen functional groups attached to an aromatic ring is 1. The predicted octanol–water partition coefficient (Wildman–Crippen LogP) is 1.81. The maximum atomic E-state index is 11.3. The molecule has 0 atom stereocenters. The first-order chi connectivity index (χ1) is 9.90. The summed E-state index contributed by atoms with van der Waals surface area (Å²) in [5.41, 5.74) is 8.38. The Kier molecular flexibility index (Phi) is 4.46. The second-order valence-corrected chi connectivity index (χ2v) is 6.09. The van der Waals surface area contributed by atoms with Crippen molar-refractivity contribution in [2.45, 2.75) is 11.5 Å². The molecule has 2 rings (SSSR count). The van der Waals surface area contributed by atoms with E-state index in [1.807, 2.05) is 24.3 Å². The van der Waals surface area contributed by atoms with Gasteiger partial charge in [-0.25, -0.2) is 13.6 Å². The Balaban J connectivity index is 2.24. The highest BCUT2D eigenvalue weighted by atomic mass is 32.2. The molecule has 0 heterocycles. The second kappa shape index (κ2) is 6.13. The zero-order chi connectivity index (χ0) is 15.5. The zero-order valence-electron chi connectivity index (χ0n) is 11.5. The molecule has 0 spiro atoms. The highest BCUT2D eigenvalue weighted by Gasteiger charge is 2.12. The van der Waals surface area contributed by atoms with Crippen molar-refractivity contribution in [3.63, 3.8) is 0 Å². The van der Waals surface area contributed by atoms with Gasteiger partial charge in [0, 0.05) is 18.5 Å². The minimum Gasteiger partial charge on any atom is -0.398 e. The number of methoxy groups -OCH3 is 1. The van der Waals surface area contributed by atoms with E-state index in [9.17, 15) is 8.42 Å². The molecule has 0 aromatic heterocycles. The summed E-state index contributed by atoms with van der Waals surface area (Å²) < 4.78 is 27.7. The van der Waals surface area contributed by atoms with E-state index in [2.05, 4.69) is 5.32 Å². The minimum atomic E-state index is -3.81. The van der Waals surface area contributed by atoms with Crippen molar-refractivity contribution in [3.8, 4) is 0 Å². The predicted molar refractivity (Wildman–Crippen MR) is 82.7 cm³/mol. The van der Waals surface area contributed by atoms with Gasteiger partial charge in [0.05, 0.1) is 12.3 Å². The van der Waals surface area contributed by atoms with Crippen LogP contribution in [0.2, 0.25) is 0 Å². The normalized spacial score (nSPS) is 11.3. The van der Waals surface area contributed by atoms with Crippen LogP contribution in [0.5, 0.6) is 0 Å². The second-order valence-electron chi connectivity index (χ2n) is 4.56. The van der Waals surface area contributed by atoms with Crippen LogP contribution in [0, 0.1) is 0 Å². The van der Waals surface area contributed by atoms with Crippen LogP contribution in [0.25, 0.3) is 0 Å². The molecule has 2 aromatic rings. The number of primary sulfonamides is 1. The molecule has 21 heavy (non-hydrogen) atoms. The smallest absolute Gasteiger partial charge is 0.240 e. The lowest BCUT2D eigenvalue weighted by atomic mass is 10.2. The molecule has 0 unspecified atom stereocenters. The molecule has 0 saturated heterocycles. The molecule has 0 aliphatic carbocycles. The maximum absolute atomic E-state index is 11.3. The summed E-state index contributed by atoms with van der Waals surface area (Å²) in [6.45, 7) is 0.516. The average Bonchev–Trinajstić information content (AvgIpc) is 2.38. The highest BCUT2D eigenvalue weighted by Crippen LogP contribution is 2.24. The molecule has 0 fully saturated rings. The van der Waals surface area contributed by atoms with Gasteiger partial charge in [-0.2, -0.15) is 0 Å². The Morgan fingerprint density at radius 1 is 1.14 bits per heavy atom. The molecule has 0 radical (unpaired) electrons. The van der Waals surface area contributed by atoms with Gasteiger partial charge in [-0.05, 0) is 35.9 Å². The zero-order valence-corrected chi connectivity index (χ0v) is 12.4. The van der Waals surface area contributed by atoms with Crippen molar-refractivity contribution >= 4 is 27.1 Å². The summed E-state index contributed by atoms with van der Waals surface area (Å²) in [4.78, 5) is -0.0822. The van der Waals surface area contributed by atoms with Crippen LogP contribution in [0.3, 0.4) is 0 Å². The van der Waals surface area contributed by atoms with E-state index in [1.165, 1.54) is 12.1 Å². The van der Waals surface area contributed by atoms with Crippen molar-refractivity contribution in [2.24, 2.45) is 5.14 Å². The third kappa shape index (κ3) is 3.94. The lowest BCUT2D eigenvalue weighted by molar-refractivity contribution is 0.185. The fraction of sp³-hybridized carbons (Fsp3) is 0.143. The quantitative estimate of drug-likeness (QED) is 0.730. The molecule has 0 aliphatic heterocycles. The van der Waals surface area contributed by atoms with Gasteiger partial charge < -0.3 is 15.8 Å². The molecule has 0 bridgehead atoms. The number of anilines is 3. The lowest BCUT2D eigenvalue weighted by Gasteiger charge is -2.10. The van der Waals surface area contributed by atoms with E-state index < -0.39 is 10.0 Å². The highest BCUT2D eigenvalue weighted by molar-refractivity contribution is 7.89. The molecule has 0 saturated carbocycles. The minimum absolute atomic E-state index is 0.0822. The Labute approximate surface area is 123 Å².